The first-order valence-electron chi connectivity index (χ1n) is 11.2. The second kappa shape index (κ2) is 10.3. The maximum Gasteiger partial charge on any atom is 0.329 e. The second-order valence-corrected chi connectivity index (χ2v) is 9.10. The molecule has 2 aromatic carbocycles. The van der Waals surface area contributed by atoms with Crippen LogP contribution in [-0.4, -0.2) is 34.1 Å². The van der Waals surface area contributed by atoms with Gasteiger partial charge in [0.25, 0.3) is 0 Å². The summed E-state index contributed by atoms with van der Waals surface area (Å²) in [5, 5.41) is 14.5. The van der Waals surface area contributed by atoms with Gasteiger partial charge in [0.2, 0.25) is 0 Å². The Morgan fingerprint density at radius 2 is 1.75 bits per heavy atom. The Morgan fingerprint density at radius 1 is 1.06 bits per heavy atom. The molecule has 0 unspecified atom stereocenters. The van der Waals surface area contributed by atoms with Crippen LogP contribution in [0.25, 0.3) is 22.4 Å². The quantitative estimate of drug-likeness (QED) is 0.449. The monoisotopic (exact) mass is 452 g/mol. The van der Waals surface area contributed by atoms with Crippen LogP contribution in [0.5, 0.6) is 0 Å². The molecule has 1 fully saturated rings. The number of ether oxygens (including phenoxy) is 1. The molecule has 5 nitrogen and oxygen atoms in total. The highest BCUT2D eigenvalue weighted by atomic mass is 35.5. The summed E-state index contributed by atoms with van der Waals surface area (Å²) in [5.74, 6) is 0.101. The summed E-state index contributed by atoms with van der Waals surface area (Å²) in [6.07, 6.45) is 4.34. The van der Waals surface area contributed by atoms with E-state index in [9.17, 15) is 4.79 Å². The Kier molecular flexibility index (Phi) is 7.28. The molecule has 1 aliphatic rings. The molecule has 1 aromatic heterocycles. The minimum Gasteiger partial charge on any atom is -0.480 e. The summed E-state index contributed by atoms with van der Waals surface area (Å²) in [5.41, 5.74) is 5.47. The highest BCUT2D eigenvalue weighted by Crippen LogP contribution is 2.37. The molecule has 3 aromatic rings. The fraction of sp³-hybridized carbons (Fsp3) is 0.385. The van der Waals surface area contributed by atoms with Gasteiger partial charge in [-0.1, -0.05) is 54.1 Å². The number of benzene rings is 2. The van der Waals surface area contributed by atoms with E-state index in [1.165, 1.54) is 0 Å². The first-order chi connectivity index (χ1) is 15.5. The number of hydrogen-bond acceptors (Lipinski definition) is 3. The molecule has 0 aliphatic heterocycles. The summed E-state index contributed by atoms with van der Waals surface area (Å²) in [4.78, 5) is 10.6. The number of halogens is 1. The van der Waals surface area contributed by atoms with Crippen LogP contribution in [0.4, 0.5) is 0 Å². The first kappa shape index (κ1) is 22.6. The average molecular weight is 453 g/mol. The average Bonchev–Trinajstić information content (AvgIpc) is 3.11. The van der Waals surface area contributed by atoms with Crippen molar-refractivity contribution in [2.75, 3.05) is 13.2 Å². The number of carboxylic acid groups (broad SMARTS) is 1. The Balaban J connectivity index is 1.52. The SMILES string of the molecule is Cc1c(-c2ccccc2)c(-c2cccc(Cl)c2)nn1C[C@H]1CC[C@H](COCC(=O)O)CC1. The van der Waals surface area contributed by atoms with Gasteiger partial charge in [-0.05, 0) is 62.1 Å². The molecule has 1 heterocycles. The highest BCUT2D eigenvalue weighted by Gasteiger charge is 2.24. The minimum absolute atomic E-state index is 0.207. The number of rotatable bonds is 8. The molecule has 1 aliphatic carbocycles. The van der Waals surface area contributed by atoms with E-state index < -0.39 is 5.97 Å². The number of carboxylic acids is 1. The van der Waals surface area contributed by atoms with E-state index in [2.05, 4.69) is 41.9 Å². The smallest absolute Gasteiger partial charge is 0.329 e. The summed E-state index contributed by atoms with van der Waals surface area (Å²) in [6.45, 7) is 3.36. The third-order valence-corrected chi connectivity index (χ3v) is 6.58. The fourth-order valence-electron chi connectivity index (χ4n) is 4.65. The van der Waals surface area contributed by atoms with Gasteiger partial charge in [0.1, 0.15) is 12.3 Å². The summed E-state index contributed by atoms with van der Waals surface area (Å²) in [7, 11) is 0. The lowest BCUT2D eigenvalue weighted by molar-refractivity contribution is -0.142. The Bertz CT molecular complexity index is 1060. The molecule has 1 saturated carbocycles. The zero-order chi connectivity index (χ0) is 22.5. The Labute approximate surface area is 194 Å². The largest absolute Gasteiger partial charge is 0.480 e. The van der Waals surface area contributed by atoms with Crippen molar-refractivity contribution in [3.05, 3.63) is 65.3 Å². The van der Waals surface area contributed by atoms with Crippen molar-refractivity contribution < 1.29 is 14.6 Å². The number of carbonyl (C=O) groups is 1. The molecule has 6 heteroatoms. The van der Waals surface area contributed by atoms with Crippen LogP contribution in [0.1, 0.15) is 31.4 Å². The topological polar surface area (TPSA) is 64.4 Å². The van der Waals surface area contributed by atoms with Gasteiger partial charge >= 0.3 is 5.97 Å². The third kappa shape index (κ3) is 5.40. The van der Waals surface area contributed by atoms with Gasteiger partial charge in [0, 0.05) is 28.4 Å². The van der Waals surface area contributed by atoms with Gasteiger partial charge in [-0.2, -0.15) is 5.10 Å². The lowest BCUT2D eigenvalue weighted by Gasteiger charge is -2.28. The van der Waals surface area contributed by atoms with E-state index in [-0.39, 0.29) is 6.61 Å². The van der Waals surface area contributed by atoms with Crippen molar-refractivity contribution in [3.8, 4) is 22.4 Å². The zero-order valence-electron chi connectivity index (χ0n) is 18.3. The zero-order valence-corrected chi connectivity index (χ0v) is 19.1. The third-order valence-electron chi connectivity index (χ3n) is 6.34. The molecular weight excluding hydrogens is 424 g/mol. The van der Waals surface area contributed by atoms with Crippen molar-refractivity contribution in [1.29, 1.82) is 0 Å². The maximum atomic E-state index is 10.6. The predicted octanol–water partition coefficient (Wildman–Crippen LogP) is 6.09. The number of aromatic nitrogens is 2. The van der Waals surface area contributed by atoms with Gasteiger partial charge in [0.05, 0.1) is 6.61 Å². The fourth-order valence-corrected chi connectivity index (χ4v) is 4.84. The number of aliphatic carboxylic acids is 1. The summed E-state index contributed by atoms with van der Waals surface area (Å²) < 4.78 is 7.46. The van der Waals surface area contributed by atoms with Gasteiger partial charge in [-0.15, -0.1) is 0 Å². The maximum absolute atomic E-state index is 10.6. The van der Waals surface area contributed by atoms with E-state index in [0.717, 1.165) is 60.3 Å². The van der Waals surface area contributed by atoms with Crippen LogP contribution in [0.15, 0.2) is 54.6 Å². The lowest BCUT2D eigenvalue weighted by atomic mass is 9.82. The van der Waals surface area contributed by atoms with Crippen LogP contribution in [-0.2, 0) is 16.1 Å². The van der Waals surface area contributed by atoms with Gasteiger partial charge in [0.15, 0.2) is 0 Å². The second-order valence-electron chi connectivity index (χ2n) is 8.66. The molecule has 4 rings (SSSR count). The number of hydrogen-bond donors (Lipinski definition) is 1. The number of nitrogens with zero attached hydrogens (tertiary/aromatic N) is 2. The van der Waals surface area contributed by atoms with E-state index in [1.807, 2.05) is 24.3 Å². The van der Waals surface area contributed by atoms with Crippen molar-refractivity contribution in [3.63, 3.8) is 0 Å². The van der Waals surface area contributed by atoms with Crippen LogP contribution in [0, 0.1) is 18.8 Å². The van der Waals surface area contributed by atoms with E-state index in [0.29, 0.717) is 23.5 Å². The molecule has 0 radical (unpaired) electrons. The molecule has 0 bridgehead atoms. The Morgan fingerprint density at radius 3 is 2.44 bits per heavy atom. The highest BCUT2D eigenvalue weighted by molar-refractivity contribution is 6.30. The molecule has 0 spiro atoms. The predicted molar refractivity (Wildman–Crippen MR) is 127 cm³/mol. The molecule has 32 heavy (non-hydrogen) atoms. The standard InChI is InChI=1S/C26H29ClN2O3/c1-18-25(21-6-3-2-4-7-21)26(22-8-5-9-23(27)14-22)28-29(18)15-19-10-12-20(13-11-19)16-32-17-24(30)31/h2-9,14,19-20H,10-13,15-17H2,1H3,(H,30,31)/t19-,20-. The Hall–Kier alpha value is -2.63. The van der Waals surface area contributed by atoms with Gasteiger partial charge in [-0.25, -0.2) is 4.79 Å². The first-order valence-corrected chi connectivity index (χ1v) is 11.6. The molecule has 0 atom stereocenters. The summed E-state index contributed by atoms with van der Waals surface area (Å²) in [6, 6.07) is 18.3. The van der Waals surface area contributed by atoms with E-state index in [4.69, 9.17) is 26.5 Å². The van der Waals surface area contributed by atoms with Crippen LogP contribution < -0.4 is 0 Å². The minimum atomic E-state index is -0.905. The van der Waals surface area contributed by atoms with Crippen molar-refractivity contribution in [2.24, 2.45) is 11.8 Å². The van der Waals surface area contributed by atoms with Crippen molar-refractivity contribution in [2.45, 2.75) is 39.2 Å². The van der Waals surface area contributed by atoms with E-state index >= 15 is 0 Å². The van der Waals surface area contributed by atoms with Gasteiger partial charge < -0.3 is 9.84 Å². The van der Waals surface area contributed by atoms with Crippen molar-refractivity contribution >= 4 is 17.6 Å². The summed E-state index contributed by atoms with van der Waals surface area (Å²) >= 11 is 6.29. The van der Waals surface area contributed by atoms with Gasteiger partial charge in [-0.3, -0.25) is 4.68 Å². The van der Waals surface area contributed by atoms with E-state index in [1.54, 1.807) is 0 Å². The normalized spacial score (nSPS) is 18.6. The van der Waals surface area contributed by atoms with Crippen LogP contribution >= 0.6 is 11.6 Å². The van der Waals surface area contributed by atoms with Crippen LogP contribution in [0.2, 0.25) is 5.02 Å². The molecule has 0 amide bonds. The molecular formula is C26H29ClN2O3. The van der Waals surface area contributed by atoms with Crippen LogP contribution in [0.3, 0.4) is 0 Å². The lowest BCUT2D eigenvalue weighted by Crippen LogP contribution is -2.23. The van der Waals surface area contributed by atoms with Crippen molar-refractivity contribution in [1.82, 2.24) is 9.78 Å². The molecule has 168 valence electrons. The molecule has 1 N–H and O–H groups in total. The molecule has 0 saturated heterocycles.